The lowest BCUT2D eigenvalue weighted by Gasteiger charge is -2.34. The third-order valence-corrected chi connectivity index (χ3v) is 6.31. The van der Waals surface area contributed by atoms with Crippen LogP contribution in [0.2, 0.25) is 0 Å². The maximum Gasteiger partial charge on any atom is 0.0948 e. The molecule has 0 saturated carbocycles. The van der Waals surface area contributed by atoms with Crippen LogP contribution in [0, 0.1) is 6.92 Å². The van der Waals surface area contributed by atoms with Crippen molar-refractivity contribution in [2.24, 2.45) is 0 Å². The summed E-state index contributed by atoms with van der Waals surface area (Å²) in [6.45, 7) is 2.01. The molecule has 0 spiro atoms. The van der Waals surface area contributed by atoms with Crippen LogP contribution in [-0.2, 0) is 4.75 Å². The fourth-order valence-electron chi connectivity index (χ4n) is 3.52. The minimum atomic E-state index is -0.335. The molecule has 2 heteroatoms. The minimum absolute atomic E-state index is 0.335. The van der Waals surface area contributed by atoms with Crippen molar-refractivity contribution in [2.75, 3.05) is 0 Å². The monoisotopic (exact) mass is 393 g/mol. The molecule has 0 amide bonds. The van der Waals surface area contributed by atoms with E-state index in [1.807, 2.05) is 30.9 Å². The van der Waals surface area contributed by atoms with Crippen LogP contribution in [-0.4, -0.2) is 4.98 Å². The molecule has 0 saturated heterocycles. The lowest BCUT2D eigenvalue weighted by molar-refractivity contribution is 0.900. The van der Waals surface area contributed by atoms with Gasteiger partial charge in [-0.05, 0) is 46.7 Å². The van der Waals surface area contributed by atoms with Gasteiger partial charge in [-0.1, -0.05) is 97.1 Å². The predicted octanol–water partition coefficient (Wildman–Crippen LogP) is 7.09. The van der Waals surface area contributed by atoms with Gasteiger partial charge in [-0.2, -0.15) is 0 Å². The molecular formula is C27H23NS. The van der Waals surface area contributed by atoms with E-state index >= 15 is 0 Å². The molecule has 0 atom stereocenters. The molecule has 3 aromatic carbocycles. The molecule has 1 nitrogen and oxygen atoms in total. The summed E-state index contributed by atoms with van der Waals surface area (Å²) in [6, 6.07) is 36.4. The molecule has 0 N–H and O–H groups in total. The van der Waals surface area contributed by atoms with Crippen LogP contribution < -0.4 is 0 Å². The molecule has 0 aliphatic heterocycles. The number of thioether (sulfide) groups is 1. The number of rotatable bonds is 6. The van der Waals surface area contributed by atoms with Crippen molar-refractivity contribution in [1.29, 1.82) is 0 Å². The van der Waals surface area contributed by atoms with Crippen molar-refractivity contribution in [3.05, 3.63) is 143 Å². The molecule has 29 heavy (non-hydrogen) atoms. The first-order chi connectivity index (χ1) is 14.3. The van der Waals surface area contributed by atoms with Crippen molar-refractivity contribution < 1.29 is 0 Å². The zero-order chi connectivity index (χ0) is 19.9. The smallest absolute Gasteiger partial charge is 0.0948 e. The first kappa shape index (κ1) is 19.2. The van der Waals surface area contributed by atoms with Gasteiger partial charge in [0.25, 0.3) is 0 Å². The predicted molar refractivity (Wildman–Crippen MR) is 125 cm³/mol. The Hall–Kier alpha value is -3.10. The van der Waals surface area contributed by atoms with Crippen LogP contribution >= 0.6 is 11.8 Å². The molecule has 0 aliphatic carbocycles. The SMILES string of the molecule is Cc1ccc(C=CSC(c2ccccc2)(c2ccccc2)c2ccccc2)cn1. The van der Waals surface area contributed by atoms with Gasteiger partial charge in [0.05, 0.1) is 4.75 Å². The largest absolute Gasteiger partial charge is 0.261 e. The number of hydrogen-bond acceptors (Lipinski definition) is 2. The molecule has 142 valence electrons. The molecule has 0 aliphatic rings. The summed E-state index contributed by atoms with van der Waals surface area (Å²) < 4.78 is -0.335. The normalized spacial score (nSPS) is 11.6. The van der Waals surface area contributed by atoms with E-state index in [4.69, 9.17) is 0 Å². The van der Waals surface area contributed by atoms with Gasteiger partial charge in [0.15, 0.2) is 0 Å². The summed E-state index contributed by atoms with van der Waals surface area (Å²) in [5.74, 6) is 0. The Morgan fingerprint density at radius 1 is 0.655 bits per heavy atom. The van der Waals surface area contributed by atoms with E-state index in [-0.39, 0.29) is 4.75 Å². The highest BCUT2D eigenvalue weighted by Crippen LogP contribution is 2.49. The Bertz CT molecular complexity index is 959. The Kier molecular flexibility index (Phi) is 5.92. The Morgan fingerprint density at radius 2 is 1.14 bits per heavy atom. The molecule has 0 unspecified atom stereocenters. The summed E-state index contributed by atoms with van der Waals surface area (Å²) >= 11 is 1.82. The Labute approximate surface area is 177 Å². The number of pyridine rings is 1. The fourth-order valence-corrected chi connectivity index (χ4v) is 4.76. The van der Waals surface area contributed by atoms with E-state index in [1.54, 1.807) is 0 Å². The Balaban J connectivity index is 1.84. The fraction of sp³-hybridized carbons (Fsp3) is 0.0741. The highest BCUT2D eigenvalue weighted by Gasteiger charge is 2.36. The zero-order valence-corrected chi connectivity index (χ0v) is 17.2. The second kappa shape index (κ2) is 8.93. The third-order valence-electron chi connectivity index (χ3n) is 4.98. The summed E-state index contributed by atoms with van der Waals surface area (Å²) in [7, 11) is 0. The van der Waals surface area contributed by atoms with Gasteiger partial charge < -0.3 is 0 Å². The number of nitrogens with zero attached hydrogens (tertiary/aromatic N) is 1. The van der Waals surface area contributed by atoms with E-state index in [0.717, 1.165) is 11.3 Å². The summed E-state index contributed by atoms with van der Waals surface area (Å²) in [6.07, 6.45) is 4.06. The summed E-state index contributed by atoms with van der Waals surface area (Å²) in [5, 5.41) is 2.19. The van der Waals surface area contributed by atoms with Crippen molar-refractivity contribution >= 4 is 17.8 Å². The zero-order valence-electron chi connectivity index (χ0n) is 16.4. The van der Waals surface area contributed by atoms with Crippen molar-refractivity contribution in [3.63, 3.8) is 0 Å². The average molecular weight is 394 g/mol. The molecule has 4 aromatic rings. The molecule has 0 bridgehead atoms. The van der Waals surface area contributed by atoms with E-state index in [9.17, 15) is 0 Å². The molecule has 0 radical (unpaired) electrons. The van der Waals surface area contributed by atoms with Gasteiger partial charge in [-0.15, -0.1) is 11.8 Å². The number of hydrogen-bond donors (Lipinski definition) is 0. The number of aryl methyl sites for hydroxylation is 1. The quantitative estimate of drug-likeness (QED) is 0.324. The van der Waals surface area contributed by atoms with Gasteiger partial charge in [0, 0.05) is 11.9 Å². The van der Waals surface area contributed by atoms with E-state index < -0.39 is 0 Å². The van der Waals surface area contributed by atoms with Crippen LogP contribution in [0.25, 0.3) is 6.08 Å². The maximum absolute atomic E-state index is 4.41. The van der Waals surface area contributed by atoms with Crippen molar-refractivity contribution in [1.82, 2.24) is 4.98 Å². The molecule has 1 aromatic heterocycles. The number of aromatic nitrogens is 1. The van der Waals surface area contributed by atoms with E-state index in [1.165, 1.54) is 16.7 Å². The van der Waals surface area contributed by atoms with Crippen LogP contribution in [0.1, 0.15) is 27.9 Å². The van der Waals surface area contributed by atoms with Gasteiger partial charge in [-0.25, -0.2) is 0 Å². The summed E-state index contributed by atoms with van der Waals surface area (Å²) in [4.78, 5) is 4.41. The first-order valence-corrected chi connectivity index (χ1v) is 10.6. The lowest BCUT2D eigenvalue weighted by Crippen LogP contribution is -2.24. The minimum Gasteiger partial charge on any atom is -0.261 e. The average Bonchev–Trinajstić information content (AvgIpc) is 2.80. The maximum atomic E-state index is 4.41. The number of benzene rings is 3. The van der Waals surface area contributed by atoms with Gasteiger partial charge in [0.2, 0.25) is 0 Å². The lowest BCUT2D eigenvalue weighted by atomic mass is 9.84. The van der Waals surface area contributed by atoms with Crippen LogP contribution in [0.15, 0.2) is 115 Å². The van der Waals surface area contributed by atoms with Gasteiger partial charge in [0.1, 0.15) is 0 Å². The molecular weight excluding hydrogens is 370 g/mol. The van der Waals surface area contributed by atoms with Gasteiger partial charge in [-0.3, -0.25) is 4.98 Å². The van der Waals surface area contributed by atoms with Crippen molar-refractivity contribution in [3.8, 4) is 0 Å². The summed E-state index contributed by atoms with van der Waals surface area (Å²) in [5.41, 5.74) is 5.91. The van der Waals surface area contributed by atoms with Crippen LogP contribution in [0.4, 0.5) is 0 Å². The second-order valence-electron chi connectivity index (χ2n) is 6.93. The Morgan fingerprint density at radius 3 is 1.55 bits per heavy atom. The highest BCUT2D eigenvalue weighted by atomic mass is 32.2. The molecule has 1 heterocycles. The molecule has 0 fully saturated rings. The van der Waals surface area contributed by atoms with E-state index in [2.05, 4.69) is 114 Å². The van der Waals surface area contributed by atoms with E-state index in [0.29, 0.717) is 0 Å². The highest BCUT2D eigenvalue weighted by molar-refractivity contribution is 8.03. The van der Waals surface area contributed by atoms with Crippen LogP contribution in [0.3, 0.4) is 0 Å². The van der Waals surface area contributed by atoms with Gasteiger partial charge >= 0.3 is 0 Å². The topological polar surface area (TPSA) is 12.9 Å². The van der Waals surface area contributed by atoms with Crippen molar-refractivity contribution in [2.45, 2.75) is 11.7 Å². The van der Waals surface area contributed by atoms with Crippen LogP contribution in [0.5, 0.6) is 0 Å². The molecule has 4 rings (SSSR count). The second-order valence-corrected chi connectivity index (χ2v) is 8.05. The first-order valence-electron chi connectivity index (χ1n) is 9.73. The standard InChI is InChI=1S/C27H23NS/c1-22-17-18-23(21-28-22)19-20-29-27(24-11-5-2-6-12-24,25-13-7-3-8-14-25)26-15-9-4-10-16-26/h2-21H,1H3. The third kappa shape index (κ3) is 4.18.